The number of guanidine groups is 1. The summed E-state index contributed by atoms with van der Waals surface area (Å²) >= 11 is 0. The molecule has 1 aromatic rings. The van der Waals surface area contributed by atoms with Crippen LogP contribution in [0.4, 0.5) is 4.39 Å². The molecule has 0 amide bonds. The van der Waals surface area contributed by atoms with Crippen LogP contribution < -0.4 is 10.1 Å². The molecular formula is C22H38FIN4O3. The molecule has 0 aliphatic carbocycles. The minimum Gasteiger partial charge on any atom is -0.494 e. The predicted octanol–water partition coefficient (Wildman–Crippen LogP) is 2.57. The number of methoxy groups -OCH3 is 1. The molecule has 9 heteroatoms. The molecule has 1 aliphatic rings. The van der Waals surface area contributed by atoms with Crippen LogP contribution >= 0.6 is 24.0 Å². The highest BCUT2D eigenvalue weighted by Crippen LogP contribution is 2.19. The van der Waals surface area contributed by atoms with E-state index in [-0.39, 0.29) is 35.5 Å². The van der Waals surface area contributed by atoms with Gasteiger partial charge in [0.15, 0.2) is 17.5 Å². The van der Waals surface area contributed by atoms with Gasteiger partial charge in [-0.15, -0.1) is 24.0 Å². The molecule has 1 aliphatic heterocycles. The zero-order valence-corrected chi connectivity index (χ0v) is 21.5. The lowest BCUT2D eigenvalue weighted by Crippen LogP contribution is -2.52. The Kier molecular flexibility index (Phi) is 13.3. The van der Waals surface area contributed by atoms with Crippen LogP contribution in [0.5, 0.6) is 5.75 Å². The van der Waals surface area contributed by atoms with E-state index < -0.39 is 6.10 Å². The fourth-order valence-corrected chi connectivity index (χ4v) is 3.29. The molecule has 1 saturated heterocycles. The summed E-state index contributed by atoms with van der Waals surface area (Å²) in [7, 11) is 1.47. The maximum absolute atomic E-state index is 13.9. The second-order valence-corrected chi connectivity index (χ2v) is 8.01. The molecule has 1 fully saturated rings. The number of nitrogens with zero attached hydrogens (tertiary/aromatic N) is 3. The molecule has 2 rings (SSSR count). The molecule has 178 valence electrons. The summed E-state index contributed by atoms with van der Waals surface area (Å²) in [6, 6.07) is 5.12. The second-order valence-electron chi connectivity index (χ2n) is 8.01. The number of piperazine rings is 1. The van der Waals surface area contributed by atoms with Gasteiger partial charge in [0.05, 0.1) is 26.4 Å². The van der Waals surface area contributed by atoms with Crippen molar-refractivity contribution in [1.29, 1.82) is 0 Å². The van der Waals surface area contributed by atoms with Crippen molar-refractivity contribution >= 4 is 29.9 Å². The van der Waals surface area contributed by atoms with Crippen LogP contribution in [0.3, 0.4) is 0 Å². The summed E-state index contributed by atoms with van der Waals surface area (Å²) in [5, 5.41) is 13.4. The molecule has 1 unspecified atom stereocenters. The number of aliphatic imine (C=N–C) groups is 1. The van der Waals surface area contributed by atoms with Crippen molar-refractivity contribution in [3.63, 3.8) is 0 Å². The molecule has 1 aromatic carbocycles. The van der Waals surface area contributed by atoms with E-state index in [9.17, 15) is 9.50 Å². The molecule has 7 nitrogen and oxygen atoms in total. The zero-order chi connectivity index (χ0) is 21.9. The molecule has 2 N–H and O–H groups in total. The third-order valence-electron chi connectivity index (χ3n) is 4.84. The van der Waals surface area contributed by atoms with Crippen LogP contribution in [0.1, 0.15) is 26.3 Å². The fraction of sp³-hybridized carbons (Fsp3) is 0.682. The topological polar surface area (TPSA) is 69.6 Å². The average Bonchev–Trinajstić information content (AvgIpc) is 2.71. The van der Waals surface area contributed by atoms with E-state index in [1.54, 1.807) is 12.1 Å². The van der Waals surface area contributed by atoms with E-state index in [0.29, 0.717) is 32.2 Å². The van der Waals surface area contributed by atoms with Gasteiger partial charge in [-0.25, -0.2) is 4.39 Å². The number of benzene rings is 1. The van der Waals surface area contributed by atoms with Gasteiger partial charge in [0.25, 0.3) is 0 Å². The Bertz CT molecular complexity index is 670. The lowest BCUT2D eigenvalue weighted by atomic mass is 10.2. The molecule has 0 aromatic heterocycles. The van der Waals surface area contributed by atoms with Gasteiger partial charge in [0.2, 0.25) is 0 Å². The van der Waals surface area contributed by atoms with Crippen molar-refractivity contribution < 1.29 is 19.0 Å². The number of ether oxygens (including phenoxy) is 2. The molecule has 1 heterocycles. The summed E-state index contributed by atoms with van der Waals surface area (Å²) in [5.41, 5.74) is 0.937. The Balaban J connectivity index is 0.00000480. The predicted molar refractivity (Wildman–Crippen MR) is 133 cm³/mol. The smallest absolute Gasteiger partial charge is 0.194 e. The molecular weight excluding hydrogens is 514 g/mol. The first-order chi connectivity index (χ1) is 14.4. The van der Waals surface area contributed by atoms with Crippen molar-refractivity contribution in [2.75, 3.05) is 59.6 Å². The average molecular weight is 552 g/mol. The van der Waals surface area contributed by atoms with Gasteiger partial charge in [0.1, 0.15) is 0 Å². The number of rotatable bonds is 10. The van der Waals surface area contributed by atoms with Gasteiger partial charge in [-0.1, -0.05) is 19.9 Å². The number of aliphatic hydroxyl groups is 1. The van der Waals surface area contributed by atoms with Gasteiger partial charge in [0, 0.05) is 45.9 Å². The van der Waals surface area contributed by atoms with E-state index in [1.807, 2.05) is 13.0 Å². The Morgan fingerprint density at radius 1 is 1.23 bits per heavy atom. The zero-order valence-electron chi connectivity index (χ0n) is 19.1. The summed E-state index contributed by atoms with van der Waals surface area (Å²) in [6.45, 7) is 12.3. The van der Waals surface area contributed by atoms with E-state index in [4.69, 9.17) is 9.47 Å². The van der Waals surface area contributed by atoms with Gasteiger partial charge < -0.3 is 24.8 Å². The first kappa shape index (κ1) is 27.9. The van der Waals surface area contributed by atoms with Crippen LogP contribution in [0.2, 0.25) is 0 Å². The normalized spacial score (nSPS) is 16.2. The number of nitrogens with one attached hydrogen (secondary N) is 1. The maximum atomic E-state index is 13.9. The summed E-state index contributed by atoms with van der Waals surface area (Å²) < 4.78 is 24.4. The molecule has 0 bridgehead atoms. The van der Waals surface area contributed by atoms with Gasteiger partial charge in [-0.05, 0) is 30.5 Å². The molecule has 0 spiro atoms. The third kappa shape index (κ3) is 9.88. The Hall–Kier alpha value is -1.17. The van der Waals surface area contributed by atoms with E-state index in [1.165, 1.54) is 7.11 Å². The van der Waals surface area contributed by atoms with Crippen LogP contribution in [0, 0.1) is 11.7 Å². The maximum Gasteiger partial charge on any atom is 0.194 e. The largest absolute Gasteiger partial charge is 0.494 e. The summed E-state index contributed by atoms with van der Waals surface area (Å²) in [5.74, 6) is 1.21. The minimum absolute atomic E-state index is 0. The Morgan fingerprint density at radius 3 is 2.52 bits per heavy atom. The van der Waals surface area contributed by atoms with Crippen LogP contribution in [-0.4, -0.2) is 86.6 Å². The first-order valence-electron chi connectivity index (χ1n) is 10.8. The van der Waals surface area contributed by atoms with Crippen LogP contribution in [0.25, 0.3) is 0 Å². The fourth-order valence-electron chi connectivity index (χ4n) is 3.29. The third-order valence-corrected chi connectivity index (χ3v) is 4.84. The van der Waals surface area contributed by atoms with Crippen molar-refractivity contribution in [1.82, 2.24) is 15.1 Å². The Morgan fingerprint density at radius 2 is 1.94 bits per heavy atom. The quantitative estimate of drug-likeness (QED) is 0.264. The first-order valence-corrected chi connectivity index (χ1v) is 10.8. The molecule has 1 atom stereocenters. The second kappa shape index (κ2) is 14.8. The van der Waals surface area contributed by atoms with E-state index in [2.05, 4.69) is 34.0 Å². The molecule has 31 heavy (non-hydrogen) atoms. The standard InChI is InChI=1S/C22H37FN4O3.HI/c1-5-24-22(25-13-19(28)16-30-15-17(2)3)27-10-8-26(9-11-27)14-18-6-7-21(29-4)20(23)12-18;/h6-7,12,17,19,28H,5,8-11,13-16H2,1-4H3,(H,24,25);1H. The van der Waals surface area contributed by atoms with Crippen LogP contribution in [0.15, 0.2) is 23.2 Å². The number of halogens is 2. The number of hydrogen-bond donors (Lipinski definition) is 2. The van der Waals surface area contributed by atoms with Crippen LogP contribution in [-0.2, 0) is 11.3 Å². The van der Waals surface area contributed by atoms with Crippen molar-refractivity contribution in [3.05, 3.63) is 29.6 Å². The highest BCUT2D eigenvalue weighted by molar-refractivity contribution is 14.0. The SMILES string of the molecule is CCNC(=NCC(O)COCC(C)C)N1CCN(Cc2ccc(OC)c(F)c2)CC1.I. The highest BCUT2D eigenvalue weighted by Gasteiger charge is 2.20. The van der Waals surface area contributed by atoms with Gasteiger partial charge in [-0.3, -0.25) is 9.89 Å². The lowest BCUT2D eigenvalue weighted by Gasteiger charge is -2.36. The summed E-state index contributed by atoms with van der Waals surface area (Å²) in [6.07, 6.45) is -0.608. The van der Waals surface area contributed by atoms with Gasteiger partial charge >= 0.3 is 0 Å². The van der Waals surface area contributed by atoms with Gasteiger partial charge in [-0.2, -0.15) is 0 Å². The van der Waals surface area contributed by atoms with E-state index in [0.717, 1.165) is 44.2 Å². The lowest BCUT2D eigenvalue weighted by molar-refractivity contribution is 0.0300. The van der Waals surface area contributed by atoms with E-state index >= 15 is 0 Å². The van der Waals surface area contributed by atoms with Crippen molar-refractivity contribution in [2.45, 2.75) is 33.4 Å². The van der Waals surface area contributed by atoms with Crippen molar-refractivity contribution in [2.24, 2.45) is 10.9 Å². The van der Waals surface area contributed by atoms with Crippen molar-refractivity contribution in [3.8, 4) is 5.75 Å². The number of aliphatic hydroxyl groups excluding tert-OH is 1. The summed E-state index contributed by atoms with van der Waals surface area (Å²) in [4.78, 5) is 9.10. The molecule has 0 radical (unpaired) electrons. The molecule has 0 saturated carbocycles. The Labute approximate surface area is 203 Å². The number of hydrogen-bond acceptors (Lipinski definition) is 5. The highest BCUT2D eigenvalue weighted by atomic mass is 127. The monoisotopic (exact) mass is 552 g/mol. The minimum atomic E-state index is -0.608.